The summed E-state index contributed by atoms with van der Waals surface area (Å²) in [6.07, 6.45) is 2.74. The maximum Gasteiger partial charge on any atom is 0.0488 e. The van der Waals surface area contributed by atoms with Crippen molar-refractivity contribution < 1.29 is 0 Å². The van der Waals surface area contributed by atoms with Crippen molar-refractivity contribution in [2.24, 2.45) is 11.5 Å². The summed E-state index contributed by atoms with van der Waals surface area (Å²) in [5.41, 5.74) is 13.2. The van der Waals surface area contributed by atoms with E-state index >= 15 is 0 Å². The lowest BCUT2D eigenvalue weighted by molar-refractivity contribution is 0.752. The van der Waals surface area contributed by atoms with Gasteiger partial charge in [0, 0.05) is 11.7 Å². The third-order valence-corrected chi connectivity index (χ3v) is 2.59. The number of allylic oxidation sites excluding steroid dienone is 2. The molecule has 0 aliphatic heterocycles. The van der Waals surface area contributed by atoms with Crippen molar-refractivity contribution in [1.82, 2.24) is 0 Å². The molecule has 0 radical (unpaired) electrons. The fourth-order valence-electron chi connectivity index (χ4n) is 0.907. The molecule has 0 amide bonds. The van der Waals surface area contributed by atoms with Gasteiger partial charge >= 0.3 is 0 Å². The zero-order chi connectivity index (χ0) is 7.72. The van der Waals surface area contributed by atoms with E-state index in [1.54, 1.807) is 0 Å². The van der Waals surface area contributed by atoms with Crippen LogP contribution < -0.4 is 11.5 Å². The minimum atomic E-state index is -0.00178. The van der Waals surface area contributed by atoms with Crippen LogP contribution in [-0.2, 0) is 0 Å². The molecule has 1 aliphatic rings. The Morgan fingerprint density at radius 2 is 2.30 bits per heavy atom. The molecule has 56 valence electrons. The van der Waals surface area contributed by atoms with Crippen molar-refractivity contribution in [2.75, 3.05) is 0 Å². The summed E-state index contributed by atoms with van der Waals surface area (Å²) in [5.74, 6) is 0. The van der Waals surface area contributed by atoms with Gasteiger partial charge in [0.05, 0.1) is 0 Å². The van der Waals surface area contributed by atoms with E-state index in [1.807, 2.05) is 13.0 Å². The molecule has 1 aliphatic carbocycles. The molecule has 10 heavy (non-hydrogen) atoms. The first-order valence-electron chi connectivity index (χ1n) is 3.19. The van der Waals surface area contributed by atoms with Crippen LogP contribution in [0.4, 0.5) is 0 Å². The third-order valence-electron chi connectivity index (χ3n) is 1.64. The average Bonchev–Trinajstić information content (AvgIpc) is 1.84. The lowest BCUT2D eigenvalue weighted by Gasteiger charge is -2.17. The Morgan fingerprint density at radius 3 is 2.80 bits per heavy atom. The summed E-state index contributed by atoms with van der Waals surface area (Å²) in [4.78, 5) is 0. The van der Waals surface area contributed by atoms with E-state index < -0.39 is 0 Å². The number of hydrogen-bond donors (Lipinski definition) is 2. The lowest BCUT2D eigenvalue weighted by atomic mass is 10.0. The summed E-state index contributed by atoms with van der Waals surface area (Å²) in [6, 6.07) is -0.00178. The highest BCUT2D eigenvalue weighted by molar-refractivity contribution is 9.11. The summed E-state index contributed by atoms with van der Waals surface area (Å²) in [7, 11) is 0. The van der Waals surface area contributed by atoms with Gasteiger partial charge in [0.15, 0.2) is 0 Å². The van der Waals surface area contributed by atoms with E-state index in [4.69, 9.17) is 11.5 Å². The standard InChI is InChI=1S/C7H11BrN2/c1-4-2-6(9)7(10)3-5(4)8/h2,7H,3,9-10H2,1H3. The minimum Gasteiger partial charge on any atom is -0.401 e. The largest absolute Gasteiger partial charge is 0.401 e. The van der Waals surface area contributed by atoms with E-state index in [-0.39, 0.29) is 6.04 Å². The first kappa shape index (κ1) is 7.82. The van der Waals surface area contributed by atoms with Gasteiger partial charge in [0.2, 0.25) is 0 Å². The fraction of sp³-hybridized carbons (Fsp3) is 0.429. The molecular weight excluding hydrogens is 192 g/mol. The quantitative estimate of drug-likeness (QED) is 0.622. The van der Waals surface area contributed by atoms with E-state index in [9.17, 15) is 0 Å². The van der Waals surface area contributed by atoms with Crippen LogP contribution in [0.3, 0.4) is 0 Å². The topological polar surface area (TPSA) is 52.0 Å². The molecule has 1 rings (SSSR count). The number of rotatable bonds is 0. The first-order valence-corrected chi connectivity index (χ1v) is 3.98. The van der Waals surface area contributed by atoms with Crippen LogP contribution in [0, 0.1) is 0 Å². The van der Waals surface area contributed by atoms with Gasteiger partial charge in [0.1, 0.15) is 0 Å². The van der Waals surface area contributed by atoms with E-state index in [1.165, 1.54) is 5.57 Å². The monoisotopic (exact) mass is 202 g/mol. The van der Waals surface area contributed by atoms with Crippen LogP contribution in [0.1, 0.15) is 13.3 Å². The predicted molar refractivity (Wildman–Crippen MR) is 46.5 cm³/mol. The Morgan fingerprint density at radius 1 is 1.70 bits per heavy atom. The molecular formula is C7H11BrN2. The van der Waals surface area contributed by atoms with Gasteiger partial charge in [-0.3, -0.25) is 0 Å². The summed E-state index contributed by atoms with van der Waals surface area (Å²) in [5, 5.41) is 0. The minimum absolute atomic E-state index is 0.00178. The molecule has 0 fully saturated rings. The Kier molecular flexibility index (Phi) is 2.16. The van der Waals surface area contributed by atoms with Crippen LogP contribution in [0.15, 0.2) is 21.8 Å². The van der Waals surface area contributed by atoms with Crippen molar-refractivity contribution in [3.8, 4) is 0 Å². The maximum absolute atomic E-state index is 5.67. The van der Waals surface area contributed by atoms with E-state index in [0.717, 1.165) is 16.6 Å². The molecule has 1 unspecified atom stereocenters. The lowest BCUT2D eigenvalue weighted by Crippen LogP contribution is -2.29. The second-order valence-corrected chi connectivity index (χ2v) is 3.50. The SMILES string of the molecule is CC1=C(Br)CC(N)C(N)=C1. The van der Waals surface area contributed by atoms with Crippen LogP contribution in [0.25, 0.3) is 0 Å². The summed E-state index contributed by atoms with van der Waals surface area (Å²) < 4.78 is 1.16. The normalized spacial score (nSPS) is 26.7. The second kappa shape index (κ2) is 2.76. The molecule has 3 heteroatoms. The van der Waals surface area contributed by atoms with Gasteiger partial charge in [-0.15, -0.1) is 0 Å². The predicted octanol–water partition coefficient (Wildman–Crippen LogP) is 1.23. The van der Waals surface area contributed by atoms with Crippen molar-refractivity contribution in [3.05, 3.63) is 21.8 Å². The summed E-state index contributed by atoms with van der Waals surface area (Å²) >= 11 is 3.42. The van der Waals surface area contributed by atoms with E-state index in [0.29, 0.717) is 0 Å². The molecule has 0 spiro atoms. The number of nitrogens with two attached hydrogens (primary N) is 2. The molecule has 0 aromatic heterocycles. The van der Waals surface area contributed by atoms with Gasteiger partial charge < -0.3 is 11.5 Å². The zero-order valence-electron chi connectivity index (χ0n) is 5.89. The Labute approximate surface area is 69.1 Å². The van der Waals surface area contributed by atoms with E-state index in [2.05, 4.69) is 15.9 Å². The number of hydrogen-bond acceptors (Lipinski definition) is 2. The molecule has 0 aromatic carbocycles. The maximum atomic E-state index is 5.67. The van der Waals surface area contributed by atoms with Crippen LogP contribution in [0.5, 0.6) is 0 Å². The molecule has 0 aromatic rings. The van der Waals surface area contributed by atoms with Gasteiger partial charge in [-0.2, -0.15) is 0 Å². The van der Waals surface area contributed by atoms with Gasteiger partial charge in [-0.05, 0) is 29.5 Å². The molecule has 4 N–H and O–H groups in total. The van der Waals surface area contributed by atoms with Crippen molar-refractivity contribution in [3.63, 3.8) is 0 Å². The molecule has 2 nitrogen and oxygen atoms in total. The fourth-order valence-corrected chi connectivity index (χ4v) is 1.37. The zero-order valence-corrected chi connectivity index (χ0v) is 7.48. The molecule has 0 bridgehead atoms. The van der Waals surface area contributed by atoms with Crippen molar-refractivity contribution in [2.45, 2.75) is 19.4 Å². The molecule has 0 heterocycles. The molecule has 0 saturated heterocycles. The van der Waals surface area contributed by atoms with Crippen molar-refractivity contribution >= 4 is 15.9 Å². The third kappa shape index (κ3) is 1.41. The highest BCUT2D eigenvalue weighted by Crippen LogP contribution is 2.24. The number of halogens is 1. The molecule has 1 atom stereocenters. The first-order chi connectivity index (χ1) is 4.61. The average molecular weight is 203 g/mol. The van der Waals surface area contributed by atoms with Crippen LogP contribution >= 0.6 is 15.9 Å². The Hall–Kier alpha value is -0.280. The summed E-state index contributed by atoms with van der Waals surface area (Å²) in [6.45, 7) is 2.02. The Bertz CT molecular complexity index is 206. The second-order valence-electron chi connectivity index (χ2n) is 2.54. The van der Waals surface area contributed by atoms with Gasteiger partial charge in [0.25, 0.3) is 0 Å². The van der Waals surface area contributed by atoms with Gasteiger partial charge in [-0.25, -0.2) is 0 Å². The highest BCUT2D eigenvalue weighted by atomic mass is 79.9. The van der Waals surface area contributed by atoms with Crippen LogP contribution in [-0.4, -0.2) is 6.04 Å². The molecule has 0 saturated carbocycles. The highest BCUT2D eigenvalue weighted by Gasteiger charge is 2.13. The van der Waals surface area contributed by atoms with Crippen LogP contribution in [0.2, 0.25) is 0 Å². The van der Waals surface area contributed by atoms with Gasteiger partial charge in [-0.1, -0.05) is 15.9 Å². The Balaban J connectivity index is 2.88. The van der Waals surface area contributed by atoms with Crippen molar-refractivity contribution in [1.29, 1.82) is 0 Å². The smallest absolute Gasteiger partial charge is 0.0488 e.